The molecule has 0 aliphatic carbocycles. The van der Waals surface area contributed by atoms with Crippen molar-refractivity contribution in [2.24, 2.45) is 0 Å². The molecule has 2 rings (SSSR count). The molecule has 0 saturated carbocycles. The van der Waals surface area contributed by atoms with E-state index in [1.807, 2.05) is 6.92 Å². The number of carbonyl (C=O) groups is 1. The van der Waals surface area contributed by atoms with Gasteiger partial charge in [0.1, 0.15) is 5.82 Å². The highest BCUT2D eigenvalue weighted by atomic mass is 35.5. The summed E-state index contributed by atoms with van der Waals surface area (Å²) in [7, 11) is 2.95. The lowest BCUT2D eigenvalue weighted by molar-refractivity contribution is 0.0988. The molecule has 122 valence electrons. The van der Waals surface area contributed by atoms with Crippen molar-refractivity contribution in [1.29, 1.82) is 0 Å². The number of anilines is 1. The fraction of sp³-hybridized carbons (Fsp3) is 0.235. The van der Waals surface area contributed by atoms with Crippen molar-refractivity contribution in [3.05, 3.63) is 52.8 Å². The first-order valence-corrected chi connectivity index (χ1v) is 7.38. The molecule has 0 spiro atoms. The predicted molar refractivity (Wildman–Crippen MR) is 88.3 cm³/mol. The Morgan fingerprint density at radius 1 is 1.17 bits per heavy atom. The van der Waals surface area contributed by atoms with Gasteiger partial charge in [-0.15, -0.1) is 0 Å². The van der Waals surface area contributed by atoms with Gasteiger partial charge in [0.2, 0.25) is 0 Å². The van der Waals surface area contributed by atoms with Gasteiger partial charge in [0.05, 0.1) is 19.2 Å². The molecule has 0 radical (unpaired) electrons. The van der Waals surface area contributed by atoms with E-state index >= 15 is 0 Å². The van der Waals surface area contributed by atoms with Crippen molar-refractivity contribution >= 4 is 23.2 Å². The van der Waals surface area contributed by atoms with Crippen molar-refractivity contribution in [3.8, 4) is 11.5 Å². The summed E-state index contributed by atoms with van der Waals surface area (Å²) >= 11 is 6.15. The smallest absolute Gasteiger partial charge is 0.258 e. The van der Waals surface area contributed by atoms with Crippen LogP contribution in [0.25, 0.3) is 0 Å². The maximum Gasteiger partial charge on any atom is 0.258 e. The average Bonchev–Trinajstić information content (AvgIpc) is 2.56. The quantitative estimate of drug-likeness (QED) is 0.822. The lowest BCUT2D eigenvalue weighted by Crippen LogP contribution is -2.30. The van der Waals surface area contributed by atoms with E-state index in [1.165, 1.54) is 37.3 Å². The molecular formula is C17H17ClFNO3. The van der Waals surface area contributed by atoms with Gasteiger partial charge in [-0.1, -0.05) is 11.6 Å². The molecule has 6 heteroatoms. The molecule has 0 N–H and O–H groups in total. The van der Waals surface area contributed by atoms with E-state index in [1.54, 1.807) is 18.2 Å². The second-order valence-corrected chi connectivity index (χ2v) is 5.13. The standard InChI is InChI=1S/C17H17ClFNO3/c1-4-20(13-7-5-12(19)6-8-13)17(21)11-9-14(18)16(23-3)15(10-11)22-2/h5-10H,4H2,1-3H3. The van der Waals surface area contributed by atoms with Gasteiger partial charge in [0.15, 0.2) is 11.5 Å². The third-order valence-electron chi connectivity index (χ3n) is 3.38. The number of rotatable bonds is 5. The topological polar surface area (TPSA) is 38.8 Å². The van der Waals surface area contributed by atoms with Gasteiger partial charge >= 0.3 is 0 Å². The zero-order valence-electron chi connectivity index (χ0n) is 13.1. The molecule has 0 aliphatic heterocycles. The summed E-state index contributed by atoms with van der Waals surface area (Å²) in [5.41, 5.74) is 0.962. The van der Waals surface area contributed by atoms with Crippen molar-refractivity contribution in [3.63, 3.8) is 0 Å². The van der Waals surface area contributed by atoms with Gasteiger partial charge in [-0.05, 0) is 43.3 Å². The lowest BCUT2D eigenvalue weighted by Gasteiger charge is -2.22. The molecule has 0 saturated heterocycles. The highest BCUT2D eigenvalue weighted by Gasteiger charge is 2.20. The van der Waals surface area contributed by atoms with Crippen molar-refractivity contribution in [1.82, 2.24) is 0 Å². The summed E-state index contributed by atoms with van der Waals surface area (Å²) < 4.78 is 23.4. The second kappa shape index (κ2) is 7.33. The highest BCUT2D eigenvalue weighted by molar-refractivity contribution is 6.32. The summed E-state index contributed by atoms with van der Waals surface area (Å²) in [5, 5.41) is 0.283. The third-order valence-corrected chi connectivity index (χ3v) is 3.66. The van der Waals surface area contributed by atoms with E-state index in [9.17, 15) is 9.18 Å². The maximum atomic E-state index is 13.1. The Labute approximate surface area is 139 Å². The van der Waals surface area contributed by atoms with Gasteiger partial charge in [0.25, 0.3) is 5.91 Å². The number of benzene rings is 2. The molecule has 0 fully saturated rings. The molecule has 23 heavy (non-hydrogen) atoms. The molecule has 4 nitrogen and oxygen atoms in total. The van der Waals surface area contributed by atoms with Gasteiger partial charge in [-0.2, -0.15) is 0 Å². The fourth-order valence-electron chi connectivity index (χ4n) is 2.26. The molecule has 0 atom stereocenters. The Morgan fingerprint density at radius 2 is 1.83 bits per heavy atom. The van der Waals surface area contributed by atoms with E-state index in [0.29, 0.717) is 29.3 Å². The van der Waals surface area contributed by atoms with Crippen LogP contribution in [-0.2, 0) is 0 Å². The largest absolute Gasteiger partial charge is 0.493 e. The number of hydrogen-bond acceptors (Lipinski definition) is 3. The normalized spacial score (nSPS) is 10.3. The number of ether oxygens (including phenoxy) is 2. The minimum absolute atomic E-state index is 0.262. The maximum absolute atomic E-state index is 13.1. The summed E-state index contributed by atoms with van der Waals surface area (Å²) in [6.45, 7) is 2.26. The van der Waals surface area contributed by atoms with Crippen LogP contribution >= 0.6 is 11.6 Å². The fourth-order valence-corrected chi connectivity index (χ4v) is 2.55. The van der Waals surface area contributed by atoms with Crippen molar-refractivity contribution in [2.75, 3.05) is 25.7 Å². The number of carbonyl (C=O) groups excluding carboxylic acids is 1. The molecular weight excluding hydrogens is 321 g/mol. The molecule has 0 unspecified atom stereocenters. The Bertz CT molecular complexity index is 704. The molecule has 2 aromatic carbocycles. The number of hydrogen-bond donors (Lipinski definition) is 0. The number of methoxy groups -OCH3 is 2. The number of halogens is 2. The summed E-state index contributed by atoms with van der Waals surface area (Å²) in [6, 6.07) is 8.83. The van der Waals surface area contributed by atoms with Crippen molar-refractivity contribution in [2.45, 2.75) is 6.92 Å². The van der Waals surface area contributed by atoms with Crippen LogP contribution in [0, 0.1) is 5.82 Å². The Morgan fingerprint density at radius 3 is 2.35 bits per heavy atom. The number of amides is 1. The zero-order valence-corrected chi connectivity index (χ0v) is 13.9. The van der Waals surface area contributed by atoms with E-state index in [-0.39, 0.29) is 16.7 Å². The molecule has 1 amide bonds. The Balaban J connectivity index is 2.41. The predicted octanol–water partition coefficient (Wildman–Crippen LogP) is 4.16. The highest BCUT2D eigenvalue weighted by Crippen LogP contribution is 2.36. The van der Waals surface area contributed by atoms with Crippen LogP contribution in [0.3, 0.4) is 0 Å². The first kappa shape index (κ1) is 17.1. The third kappa shape index (κ3) is 3.56. The molecule has 0 bridgehead atoms. The first-order chi connectivity index (χ1) is 11.0. The van der Waals surface area contributed by atoms with Crippen LogP contribution in [-0.4, -0.2) is 26.7 Å². The van der Waals surface area contributed by atoms with Crippen LogP contribution in [0.4, 0.5) is 10.1 Å². The molecule has 0 aromatic heterocycles. The van der Waals surface area contributed by atoms with Gasteiger partial charge in [0, 0.05) is 17.8 Å². The van der Waals surface area contributed by atoms with Crippen LogP contribution in [0.15, 0.2) is 36.4 Å². The molecule has 0 aliphatic rings. The van der Waals surface area contributed by atoms with E-state index in [2.05, 4.69) is 0 Å². The summed E-state index contributed by atoms with van der Waals surface area (Å²) in [5.74, 6) is 0.127. The SMILES string of the molecule is CCN(C(=O)c1cc(Cl)c(OC)c(OC)c1)c1ccc(F)cc1. The molecule has 0 heterocycles. The Hall–Kier alpha value is -2.27. The summed E-state index contributed by atoms with van der Waals surface area (Å²) in [4.78, 5) is 14.3. The van der Waals surface area contributed by atoms with Crippen LogP contribution in [0.1, 0.15) is 17.3 Å². The summed E-state index contributed by atoms with van der Waals surface area (Å²) in [6.07, 6.45) is 0. The average molecular weight is 338 g/mol. The van der Waals surface area contributed by atoms with Crippen molar-refractivity contribution < 1.29 is 18.7 Å². The van der Waals surface area contributed by atoms with Gasteiger partial charge < -0.3 is 14.4 Å². The van der Waals surface area contributed by atoms with Crippen LogP contribution in [0.2, 0.25) is 5.02 Å². The van der Waals surface area contributed by atoms with Crippen LogP contribution < -0.4 is 14.4 Å². The lowest BCUT2D eigenvalue weighted by atomic mass is 10.1. The van der Waals surface area contributed by atoms with Crippen LogP contribution in [0.5, 0.6) is 11.5 Å². The minimum atomic E-state index is -0.355. The number of nitrogens with zero attached hydrogens (tertiary/aromatic N) is 1. The van der Waals surface area contributed by atoms with Gasteiger partial charge in [-0.25, -0.2) is 4.39 Å². The zero-order chi connectivity index (χ0) is 17.0. The molecule has 2 aromatic rings. The first-order valence-electron chi connectivity index (χ1n) is 7.00. The Kier molecular flexibility index (Phi) is 5.45. The van der Waals surface area contributed by atoms with E-state index in [4.69, 9.17) is 21.1 Å². The second-order valence-electron chi connectivity index (χ2n) is 4.72. The van der Waals surface area contributed by atoms with E-state index in [0.717, 1.165) is 0 Å². The minimum Gasteiger partial charge on any atom is -0.493 e. The van der Waals surface area contributed by atoms with E-state index < -0.39 is 0 Å². The van der Waals surface area contributed by atoms with Gasteiger partial charge in [-0.3, -0.25) is 4.79 Å². The monoisotopic (exact) mass is 337 g/mol.